The number of carbonyl (C=O) groups excluding carboxylic acids is 1. The molecule has 1 aromatic carbocycles. The molecule has 0 atom stereocenters. The van der Waals surface area contributed by atoms with Gasteiger partial charge < -0.3 is 4.90 Å². The molecule has 1 fully saturated rings. The minimum Gasteiger partial charge on any atom is -0.336 e. The van der Waals surface area contributed by atoms with Crippen molar-refractivity contribution in [3.63, 3.8) is 0 Å². The van der Waals surface area contributed by atoms with Crippen LogP contribution in [0, 0.1) is 32.4 Å². The molecule has 1 amide bonds. The van der Waals surface area contributed by atoms with Crippen LogP contribution in [0.2, 0.25) is 0 Å². The number of benzene rings is 1. The molecule has 158 valence electrons. The molecule has 10 heteroatoms. The maximum atomic E-state index is 14.2. The molecule has 30 heavy (non-hydrogen) atoms. The Balaban J connectivity index is 1.48. The van der Waals surface area contributed by atoms with Crippen molar-refractivity contribution in [2.24, 2.45) is 0 Å². The van der Waals surface area contributed by atoms with Crippen LogP contribution in [-0.2, 0) is 6.54 Å². The van der Waals surface area contributed by atoms with Gasteiger partial charge in [-0.3, -0.25) is 14.8 Å². The van der Waals surface area contributed by atoms with Crippen LogP contribution in [0.1, 0.15) is 33.4 Å². The van der Waals surface area contributed by atoms with E-state index >= 15 is 0 Å². The van der Waals surface area contributed by atoms with E-state index in [9.17, 15) is 13.6 Å². The van der Waals surface area contributed by atoms with Crippen molar-refractivity contribution in [3.05, 3.63) is 58.4 Å². The molecule has 8 nitrogen and oxygen atoms in total. The van der Waals surface area contributed by atoms with Crippen LogP contribution in [0.3, 0.4) is 0 Å². The van der Waals surface area contributed by atoms with Crippen molar-refractivity contribution in [1.29, 1.82) is 0 Å². The van der Waals surface area contributed by atoms with Gasteiger partial charge in [-0.2, -0.15) is 10.2 Å². The van der Waals surface area contributed by atoms with Gasteiger partial charge in [0.05, 0.1) is 23.5 Å². The Labute approximate surface area is 172 Å². The lowest BCUT2D eigenvalue weighted by molar-refractivity contribution is 0.0624. The zero-order valence-corrected chi connectivity index (χ0v) is 17.1. The number of H-pyrrole nitrogens is 1. The Hall–Kier alpha value is -3.14. The van der Waals surface area contributed by atoms with Crippen LogP contribution < -0.4 is 0 Å². The predicted octanol–water partition coefficient (Wildman–Crippen LogP) is 2.15. The van der Waals surface area contributed by atoms with Crippen LogP contribution in [0.15, 0.2) is 18.2 Å². The molecular formula is C20H23F2N7O. The van der Waals surface area contributed by atoms with E-state index in [-0.39, 0.29) is 11.6 Å². The molecule has 0 bridgehead atoms. The number of aromatic amines is 1. The Kier molecular flexibility index (Phi) is 5.33. The van der Waals surface area contributed by atoms with E-state index in [0.29, 0.717) is 49.7 Å². The first-order valence-electron chi connectivity index (χ1n) is 9.74. The number of aryl methyl sites for hydroxylation is 2. The van der Waals surface area contributed by atoms with Crippen molar-refractivity contribution in [2.75, 3.05) is 26.2 Å². The maximum absolute atomic E-state index is 14.2. The van der Waals surface area contributed by atoms with Crippen molar-refractivity contribution >= 4 is 5.91 Å². The monoisotopic (exact) mass is 415 g/mol. The van der Waals surface area contributed by atoms with Gasteiger partial charge in [0.2, 0.25) is 0 Å². The highest BCUT2D eigenvalue weighted by Crippen LogP contribution is 2.22. The number of hydrogen-bond acceptors (Lipinski definition) is 5. The van der Waals surface area contributed by atoms with Gasteiger partial charge in [0.25, 0.3) is 5.91 Å². The topological polar surface area (TPSA) is 82.9 Å². The molecule has 0 aliphatic carbocycles. The third-order valence-corrected chi connectivity index (χ3v) is 5.31. The quantitative estimate of drug-likeness (QED) is 0.706. The van der Waals surface area contributed by atoms with Crippen LogP contribution in [0.4, 0.5) is 8.78 Å². The highest BCUT2D eigenvalue weighted by molar-refractivity contribution is 5.96. The molecule has 0 spiro atoms. The molecule has 1 aliphatic rings. The summed E-state index contributed by atoms with van der Waals surface area (Å²) in [4.78, 5) is 21.5. The molecule has 3 heterocycles. The first-order valence-corrected chi connectivity index (χ1v) is 9.74. The number of halogens is 2. The van der Waals surface area contributed by atoms with Gasteiger partial charge in [-0.25, -0.2) is 18.4 Å². The number of hydrogen-bond donors (Lipinski definition) is 1. The van der Waals surface area contributed by atoms with Crippen molar-refractivity contribution in [2.45, 2.75) is 27.3 Å². The van der Waals surface area contributed by atoms with E-state index in [1.165, 1.54) is 16.8 Å². The standard InChI is InChI=1S/C20H23F2N7O/c1-12-19(13(2)29(26-12)17-5-4-15(21)10-16(17)22)20(30)28-8-6-27(7-9-28)11-18-23-14(3)24-25-18/h4-5,10H,6-9,11H2,1-3H3,(H,23,24,25). The average Bonchev–Trinajstić information content (AvgIpc) is 3.24. The summed E-state index contributed by atoms with van der Waals surface area (Å²) in [6, 6.07) is 3.30. The van der Waals surface area contributed by atoms with E-state index in [1.807, 2.05) is 6.92 Å². The van der Waals surface area contributed by atoms with E-state index in [2.05, 4.69) is 25.2 Å². The van der Waals surface area contributed by atoms with E-state index in [1.54, 1.807) is 18.7 Å². The minimum absolute atomic E-state index is 0.114. The first kappa shape index (κ1) is 20.1. The lowest BCUT2D eigenvalue weighted by atomic mass is 10.1. The summed E-state index contributed by atoms with van der Waals surface area (Å²) in [5.41, 5.74) is 1.61. The molecule has 2 aromatic heterocycles. The largest absolute Gasteiger partial charge is 0.336 e. The van der Waals surface area contributed by atoms with Gasteiger partial charge in [-0.05, 0) is 32.9 Å². The molecule has 0 unspecified atom stereocenters. The number of rotatable bonds is 4. The van der Waals surface area contributed by atoms with Crippen molar-refractivity contribution < 1.29 is 13.6 Å². The minimum atomic E-state index is -0.726. The molecule has 0 saturated carbocycles. The summed E-state index contributed by atoms with van der Waals surface area (Å²) in [5, 5.41) is 11.3. The van der Waals surface area contributed by atoms with Crippen molar-refractivity contribution in [3.8, 4) is 5.69 Å². The number of carbonyl (C=O) groups is 1. The molecule has 4 rings (SSSR count). The lowest BCUT2D eigenvalue weighted by Crippen LogP contribution is -2.48. The Morgan fingerprint density at radius 1 is 1.13 bits per heavy atom. The van der Waals surface area contributed by atoms with Gasteiger partial charge >= 0.3 is 0 Å². The summed E-state index contributed by atoms with van der Waals surface area (Å²) in [6.45, 7) is 8.48. The summed E-state index contributed by atoms with van der Waals surface area (Å²) in [5.74, 6) is -0.00401. The fourth-order valence-corrected chi connectivity index (χ4v) is 3.77. The highest BCUT2D eigenvalue weighted by Gasteiger charge is 2.28. The van der Waals surface area contributed by atoms with E-state index in [4.69, 9.17) is 0 Å². The molecule has 1 N–H and O–H groups in total. The van der Waals surface area contributed by atoms with Gasteiger partial charge in [0, 0.05) is 32.2 Å². The SMILES string of the molecule is Cc1nc(CN2CCN(C(=O)c3c(C)nn(-c4ccc(F)cc4F)c3C)CC2)n[nH]1. The number of amides is 1. The van der Waals surface area contributed by atoms with Gasteiger partial charge in [0.1, 0.15) is 17.3 Å². The number of piperazine rings is 1. The molecule has 0 radical (unpaired) electrons. The molecule has 1 aliphatic heterocycles. The predicted molar refractivity (Wildman–Crippen MR) is 105 cm³/mol. The Morgan fingerprint density at radius 3 is 2.50 bits per heavy atom. The summed E-state index contributed by atoms with van der Waals surface area (Å²) >= 11 is 0. The Morgan fingerprint density at radius 2 is 1.87 bits per heavy atom. The molecule has 1 saturated heterocycles. The second-order valence-corrected chi connectivity index (χ2v) is 7.46. The number of nitrogens with zero attached hydrogens (tertiary/aromatic N) is 6. The fourth-order valence-electron chi connectivity index (χ4n) is 3.77. The Bertz CT molecular complexity index is 1080. The normalized spacial score (nSPS) is 15.0. The van der Waals surface area contributed by atoms with Crippen LogP contribution in [-0.4, -0.2) is 66.8 Å². The van der Waals surface area contributed by atoms with E-state index in [0.717, 1.165) is 17.7 Å². The second kappa shape index (κ2) is 7.94. The third-order valence-electron chi connectivity index (χ3n) is 5.31. The maximum Gasteiger partial charge on any atom is 0.257 e. The molecule has 3 aromatic rings. The third kappa shape index (κ3) is 3.82. The first-order chi connectivity index (χ1) is 14.3. The smallest absolute Gasteiger partial charge is 0.257 e. The summed E-state index contributed by atoms with van der Waals surface area (Å²) < 4.78 is 28.8. The zero-order chi connectivity index (χ0) is 21.4. The second-order valence-electron chi connectivity index (χ2n) is 7.46. The van der Waals surface area contributed by atoms with Crippen molar-refractivity contribution in [1.82, 2.24) is 34.8 Å². The zero-order valence-electron chi connectivity index (χ0n) is 17.1. The fraction of sp³-hybridized carbons (Fsp3) is 0.400. The highest BCUT2D eigenvalue weighted by atomic mass is 19.1. The van der Waals surface area contributed by atoms with E-state index < -0.39 is 11.6 Å². The molecular weight excluding hydrogens is 392 g/mol. The summed E-state index contributed by atoms with van der Waals surface area (Å²) in [6.07, 6.45) is 0. The van der Waals surface area contributed by atoms with Gasteiger partial charge in [-0.1, -0.05) is 0 Å². The number of nitrogens with one attached hydrogen (secondary N) is 1. The van der Waals surface area contributed by atoms with Gasteiger partial charge in [-0.15, -0.1) is 0 Å². The van der Waals surface area contributed by atoms with Crippen LogP contribution >= 0.6 is 0 Å². The average molecular weight is 415 g/mol. The number of aromatic nitrogens is 5. The summed E-state index contributed by atoms with van der Waals surface area (Å²) in [7, 11) is 0. The van der Waals surface area contributed by atoms with Crippen LogP contribution in [0.5, 0.6) is 0 Å². The van der Waals surface area contributed by atoms with Crippen LogP contribution in [0.25, 0.3) is 5.69 Å². The lowest BCUT2D eigenvalue weighted by Gasteiger charge is -2.34. The van der Waals surface area contributed by atoms with Gasteiger partial charge in [0.15, 0.2) is 11.6 Å².